The summed E-state index contributed by atoms with van der Waals surface area (Å²) in [5.41, 5.74) is 3.04. The van der Waals surface area contributed by atoms with Crippen LogP contribution >= 0.6 is 0 Å². The molecule has 0 saturated heterocycles. The van der Waals surface area contributed by atoms with Crippen molar-refractivity contribution in [1.29, 1.82) is 0 Å². The maximum atomic E-state index is 13.8. The molecular formula is C39H43N3O6. The highest BCUT2D eigenvalue weighted by Gasteiger charge is 2.71. The Morgan fingerprint density at radius 2 is 1.75 bits per heavy atom. The summed E-state index contributed by atoms with van der Waals surface area (Å²) in [5.74, 6) is -0.822. The number of carbonyl (C=O) groups excluding carboxylic acids is 2. The third-order valence-electron chi connectivity index (χ3n) is 13.1. The lowest BCUT2D eigenvalue weighted by Crippen LogP contribution is -2.68. The highest BCUT2D eigenvalue weighted by Crippen LogP contribution is 2.70. The van der Waals surface area contributed by atoms with Gasteiger partial charge in [-0.05, 0) is 86.8 Å². The van der Waals surface area contributed by atoms with E-state index in [0.29, 0.717) is 54.3 Å². The summed E-state index contributed by atoms with van der Waals surface area (Å²) in [6.07, 6.45) is 7.93. The molecule has 250 valence electrons. The second-order valence-electron chi connectivity index (χ2n) is 15.2. The van der Waals surface area contributed by atoms with Gasteiger partial charge in [0.1, 0.15) is 6.61 Å². The maximum Gasteiger partial charge on any atom is 0.331 e. The first-order chi connectivity index (χ1) is 23.1. The van der Waals surface area contributed by atoms with Gasteiger partial charge in [-0.15, -0.1) is 0 Å². The summed E-state index contributed by atoms with van der Waals surface area (Å²) in [6.45, 7) is 2.45. The molecule has 9 heteroatoms. The lowest BCUT2D eigenvalue weighted by molar-refractivity contribution is -0.237. The van der Waals surface area contributed by atoms with Gasteiger partial charge in [-0.2, -0.15) is 5.10 Å². The number of rotatable bonds is 5. The minimum absolute atomic E-state index is 0.0590. The Balaban J connectivity index is 1.12. The normalized spacial score (nSPS) is 37.4. The van der Waals surface area contributed by atoms with Crippen LogP contribution in [0, 0.1) is 28.6 Å². The second kappa shape index (κ2) is 11.3. The number of aliphatic hydroxyl groups excluding tert-OH is 1. The van der Waals surface area contributed by atoms with Crippen molar-refractivity contribution in [3.8, 4) is 11.3 Å². The number of hydrogen-bond donors (Lipinski definition) is 4. The molecule has 9 nitrogen and oxygen atoms in total. The predicted octanol–water partition coefficient (Wildman–Crippen LogP) is 5.33. The number of ether oxygens (including phenoxy) is 1. The van der Waals surface area contributed by atoms with E-state index in [1.807, 2.05) is 54.6 Å². The largest absolute Gasteiger partial charge is 0.458 e. The number of fused-ring (bicyclic) bond motifs is 6. The van der Waals surface area contributed by atoms with Crippen molar-refractivity contribution in [3.63, 3.8) is 0 Å². The van der Waals surface area contributed by atoms with Crippen molar-refractivity contribution in [1.82, 2.24) is 10.4 Å². The molecule has 5 aliphatic rings. The van der Waals surface area contributed by atoms with Crippen LogP contribution in [-0.4, -0.2) is 62.3 Å². The molecule has 48 heavy (non-hydrogen) atoms. The highest BCUT2D eigenvalue weighted by molar-refractivity contribution is 6.07. The predicted molar refractivity (Wildman–Crippen MR) is 181 cm³/mol. The molecule has 1 aromatic heterocycles. The fourth-order valence-electron chi connectivity index (χ4n) is 10.7. The van der Waals surface area contributed by atoms with Crippen LogP contribution in [-0.2, 0) is 9.53 Å². The van der Waals surface area contributed by atoms with Crippen LogP contribution in [0.5, 0.6) is 0 Å². The van der Waals surface area contributed by atoms with E-state index in [2.05, 4.69) is 17.5 Å². The van der Waals surface area contributed by atoms with Crippen molar-refractivity contribution >= 4 is 29.0 Å². The van der Waals surface area contributed by atoms with E-state index >= 15 is 0 Å². The molecule has 8 atom stereocenters. The number of nitrogens with one attached hydrogen (secondary N) is 1. The first kappa shape index (κ1) is 31.4. The fraction of sp³-hybridized carbons (Fsp3) is 0.487. The number of nitrogens with zero attached hydrogens (tertiary/aromatic N) is 2. The SMILES string of the molecule is C[C@]12CC[C@H]3[C@@H](CC[C@]4(O)C[C@H](O)CC[C@]34/C=N\NC(=O)c3cc(-c4ccccc4)nc4ccccc34)[C@]1(O)CC[C@H]2C1=CC(=O)OC1. The zero-order valence-corrected chi connectivity index (χ0v) is 27.3. The number of cyclic esters (lactones) is 1. The molecule has 0 unspecified atom stereocenters. The van der Waals surface area contributed by atoms with Gasteiger partial charge in [0.05, 0.1) is 34.1 Å². The Bertz CT molecular complexity index is 1840. The van der Waals surface area contributed by atoms with E-state index in [9.17, 15) is 24.9 Å². The number of amides is 1. The summed E-state index contributed by atoms with van der Waals surface area (Å²) >= 11 is 0. The van der Waals surface area contributed by atoms with E-state index in [4.69, 9.17) is 9.72 Å². The van der Waals surface area contributed by atoms with Crippen molar-refractivity contribution in [2.45, 2.75) is 82.0 Å². The minimum Gasteiger partial charge on any atom is -0.458 e. The van der Waals surface area contributed by atoms with Crippen LogP contribution in [0.4, 0.5) is 0 Å². The number of aromatic nitrogens is 1. The maximum absolute atomic E-state index is 13.8. The zero-order valence-electron chi connectivity index (χ0n) is 27.3. The topological polar surface area (TPSA) is 141 Å². The Kier molecular flexibility index (Phi) is 7.40. The van der Waals surface area contributed by atoms with Gasteiger partial charge in [0.2, 0.25) is 0 Å². The van der Waals surface area contributed by atoms with Crippen molar-refractivity contribution in [2.24, 2.45) is 33.7 Å². The number of hydrazone groups is 1. The van der Waals surface area contributed by atoms with E-state index in [0.717, 1.165) is 30.4 Å². The number of pyridine rings is 1. The molecule has 1 amide bonds. The van der Waals surface area contributed by atoms with Gasteiger partial charge in [0, 0.05) is 40.5 Å². The van der Waals surface area contributed by atoms with Crippen molar-refractivity contribution in [2.75, 3.05) is 6.61 Å². The van der Waals surface area contributed by atoms with E-state index < -0.39 is 28.1 Å². The molecule has 3 aromatic rings. The van der Waals surface area contributed by atoms with Gasteiger partial charge in [0.15, 0.2) is 0 Å². The van der Waals surface area contributed by atoms with Gasteiger partial charge in [-0.1, -0.05) is 55.5 Å². The van der Waals surface area contributed by atoms with Crippen LogP contribution in [0.2, 0.25) is 0 Å². The quantitative estimate of drug-likeness (QED) is 0.166. The van der Waals surface area contributed by atoms with Gasteiger partial charge in [-0.3, -0.25) is 4.79 Å². The Morgan fingerprint density at radius 3 is 2.54 bits per heavy atom. The molecule has 4 aliphatic carbocycles. The first-order valence-electron chi connectivity index (χ1n) is 17.4. The second-order valence-corrected chi connectivity index (χ2v) is 15.2. The van der Waals surface area contributed by atoms with Crippen LogP contribution in [0.15, 0.2) is 77.4 Å². The summed E-state index contributed by atoms with van der Waals surface area (Å²) in [7, 11) is 0. The average molecular weight is 650 g/mol. The molecule has 8 rings (SSSR count). The van der Waals surface area contributed by atoms with Gasteiger partial charge >= 0.3 is 5.97 Å². The Labute approximate surface area is 280 Å². The summed E-state index contributed by atoms with van der Waals surface area (Å²) in [6, 6.07) is 19.1. The smallest absolute Gasteiger partial charge is 0.331 e. The van der Waals surface area contributed by atoms with Crippen LogP contribution in [0.1, 0.15) is 75.1 Å². The van der Waals surface area contributed by atoms with Gasteiger partial charge in [-0.25, -0.2) is 15.2 Å². The molecule has 4 N–H and O–H groups in total. The van der Waals surface area contributed by atoms with Crippen LogP contribution in [0.3, 0.4) is 0 Å². The van der Waals surface area contributed by atoms with E-state index in [1.54, 1.807) is 18.4 Å². The van der Waals surface area contributed by atoms with E-state index in [1.165, 1.54) is 0 Å². The molecule has 4 fully saturated rings. The fourth-order valence-corrected chi connectivity index (χ4v) is 10.7. The molecule has 0 bridgehead atoms. The third kappa shape index (κ3) is 4.61. The molecule has 0 radical (unpaired) electrons. The monoisotopic (exact) mass is 649 g/mol. The number of aliphatic hydroxyl groups is 3. The molecule has 0 spiro atoms. The van der Waals surface area contributed by atoms with Crippen molar-refractivity contribution < 1.29 is 29.6 Å². The lowest BCUT2D eigenvalue weighted by atomic mass is 9.41. The average Bonchev–Trinajstić information content (AvgIpc) is 3.63. The lowest BCUT2D eigenvalue weighted by Gasteiger charge is -2.65. The minimum atomic E-state index is -1.22. The highest BCUT2D eigenvalue weighted by atomic mass is 16.5. The van der Waals surface area contributed by atoms with Crippen LogP contribution < -0.4 is 5.43 Å². The van der Waals surface area contributed by atoms with E-state index in [-0.39, 0.29) is 42.7 Å². The molecule has 2 heterocycles. The number of para-hydroxylation sites is 1. The number of hydrogen-bond acceptors (Lipinski definition) is 8. The Morgan fingerprint density at radius 1 is 0.979 bits per heavy atom. The molecule has 1 aliphatic heterocycles. The van der Waals surface area contributed by atoms with Gasteiger partial charge < -0.3 is 20.1 Å². The number of esters is 1. The van der Waals surface area contributed by atoms with Crippen LogP contribution in [0.25, 0.3) is 22.2 Å². The molecule has 2 aromatic carbocycles. The Hall–Kier alpha value is -3.92. The summed E-state index contributed by atoms with van der Waals surface area (Å²) < 4.78 is 5.28. The number of carbonyl (C=O) groups is 2. The van der Waals surface area contributed by atoms with Gasteiger partial charge in [0.25, 0.3) is 5.91 Å². The summed E-state index contributed by atoms with van der Waals surface area (Å²) in [4.78, 5) is 30.6. The van der Waals surface area contributed by atoms with Crippen molar-refractivity contribution in [3.05, 3.63) is 77.9 Å². The zero-order chi connectivity index (χ0) is 33.3. The first-order valence-corrected chi connectivity index (χ1v) is 17.4. The molecular weight excluding hydrogens is 606 g/mol. The molecule has 4 saturated carbocycles. The number of benzene rings is 2. The third-order valence-corrected chi connectivity index (χ3v) is 13.1. The summed E-state index contributed by atoms with van der Waals surface area (Å²) in [5, 5.41) is 41.1. The standard InChI is InChI=1S/C39H43N3O6/c1-36-15-12-30-31(39(36,47)18-14-29(36)25-19-34(44)48-22-25)13-17-38(46)21-26(43)11-16-37(30,38)23-40-42-35(45)28-20-33(24-7-3-2-4-8-24)41-32-10-6-5-9-27(28)32/h2-10,19-20,23,26,29-31,43,46-47H,11-18,21-22H2,1H3,(H,42,45)/b40-23-/t26-,29+,30+,31-,36-,37+,38+,39-/m1/s1.